The number of nitrogens with zero attached hydrogens (tertiary/aromatic N) is 1. The molecule has 6 nitrogen and oxygen atoms in total. The average molecular weight is 581 g/mol. The van der Waals surface area contributed by atoms with Crippen molar-refractivity contribution in [3.63, 3.8) is 0 Å². The van der Waals surface area contributed by atoms with Crippen LogP contribution >= 0.6 is 0 Å². The highest BCUT2D eigenvalue weighted by atomic mass is 16.5. The SMILES string of the molecule is CCC1=C(CC)c2nc1cc1[nH]c(c(CC)c1CC)c(OC)c1[nH]c(cc3[nH]c(c(CC)c3CC)c2=O)c(CC)c1CC. The van der Waals surface area contributed by atoms with E-state index in [0.29, 0.717) is 11.2 Å². The molecule has 4 aromatic heterocycles. The molecule has 0 amide bonds. The second-order valence-corrected chi connectivity index (χ2v) is 11.4. The first-order chi connectivity index (χ1) is 20.8. The number of ether oxygens (including phenoxy) is 1. The minimum absolute atomic E-state index is 0.00577. The van der Waals surface area contributed by atoms with Crippen LogP contribution in [0.25, 0.3) is 44.2 Å². The minimum Gasteiger partial charge on any atom is -0.492 e. The Morgan fingerprint density at radius 1 is 0.558 bits per heavy atom. The summed E-state index contributed by atoms with van der Waals surface area (Å²) in [5, 5.41) is 0. The molecular formula is C37H48N4O2. The number of hydrogen-bond acceptors (Lipinski definition) is 3. The van der Waals surface area contributed by atoms with Gasteiger partial charge in [-0.2, -0.15) is 0 Å². The molecule has 0 saturated carbocycles. The third-order valence-electron chi connectivity index (χ3n) is 9.44. The van der Waals surface area contributed by atoms with Crippen molar-refractivity contribution >= 4 is 44.2 Å². The minimum atomic E-state index is -0.00577. The summed E-state index contributed by atoms with van der Waals surface area (Å²) in [7, 11) is 1.78. The van der Waals surface area contributed by atoms with Crippen LogP contribution in [-0.4, -0.2) is 27.0 Å². The lowest BCUT2D eigenvalue weighted by molar-refractivity contribution is 0.422. The van der Waals surface area contributed by atoms with E-state index >= 15 is 0 Å². The van der Waals surface area contributed by atoms with E-state index < -0.39 is 0 Å². The quantitative estimate of drug-likeness (QED) is 0.185. The molecule has 5 heterocycles. The van der Waals surface area contributed by atoms with Crippen LogP contribution in [-0.2, 0) is 38.5 Å². The fourth-order valence-electron chi connectivity index (χ4n) is 7.49. The van der Waals surface area contributed by atoms with Gasteiger partial charge in [0.2, 0.25) is 5.43 Å². The lowest BCUT2D eigenvalue weighted by Crippen LogP contribution is -2.08. The van der Waals surface area contributed by atoms with Crippen molar-refractivity contribution in [2.45, 2.75) is 107 Å². The second kappa shape index (κ2) is 12.4. The van der Waals surface area contributed by atoms with Crippen molar-refractivity contribution in [2.75, 3.05) is 7.11 Å². The topological polar surface area (TPSA) is 86.6 Å². The van der Waals surface area contributed by atoms with Gasteiger partial charge in [-0.1, -0.05) is 55.4 Å². The molecule has 0 saturated heterocycles. The van der Waals surface area contributed by atoms with Gasteiger partial charge in [0.05, 0.1) is 29.4 Å². The fraction of sp³-hybridized carbons (Fsp3) is 0.459. The monoisotopic (exact) mass is 580 g/mol. The lowest BCUT2D eigenvalue weighted by Gasteiger charge is -2.06. The molecule has 228 valence electrons. The van der Waals surface area contributed by atoms with Gasteiger partial charge in [-0.05, 0) is 108 Å². The summed E-state index contributed by atoms with van der Waals surface area (Å²) in [6, 6.07) is 4.38. The molecule has 0 aliphatic carbocycles. The van der Waals surface area contributed by atoms with Crippen LogP contribution in [0.1, 0.15) is 113 Å². The van der Waals surface area contributed by atoms with Gasteiger partial charge in [-0.15, -0.1) is 0 Å². The summed E-state index contributed by atoms with van der Waals surface area (Å²) in [5.74, 6) is 0.845. The Labute approximate surface area is 255 Å². The Morgan fingerprint density at radius 2 is 0.977 bits per heavy atom. The largest absolute Gasteiger partial charge is 0.492 e. The Morgan fingerprint density at radius 3 is 1.40 bits per heavy atom. The standard InChI is InChI=1S/C37H48N4O2/c1-10-20-24(14-5)32-36(42)33-25(15-6)21(11-2)29(39-33)19-31-23(13-4)27(17-8)35(41-31)37(43-9)34-26(16-7)22(12-3)30(40-34)18-28(20)38-32/h18-19,38,40-41H,10-17H2,1-9H3. The number of aryl methyl sites for hydroxylation is 6. The first-order valence-electron chi connectivity index (χ1n) is 16.4. The zero-order valence-corrected chi connectivity index (χ0v) is 27.6. The predicted octanol–water partition coefficient (Wildman–Crippen LogP) is 9.00. The van der Waals surface area contributed by atoms with Crippen LogP contribution in [0.2, 0.25) is 0 Å². The Bertz CT molecular complexity index is 1920. The van der Waals surface area contributed by atoms with Crippen molar-refractivity contribution in [3.8, 4) is 5.75 Å². The Balaban J connectivity index is 2.16. The number of rotatable bonds is 9. The number of methoxy groups -OCH3 is 1. The highest BCUT2D eigenvalue weighted by molar-refractivity contribution is 5.94. The molecule has 8 bridgehead atoms. The summed E-state index contributed by atoms with van der Waals surface area (Å²) in [6.07, 6.45) is 6.72. The Kier molecular flexibility index (Phi) is 8.86. The summed E-state index contributed by atoms with van der Waals surface area (Å²) >= 11 is 0. The molecule has 0 spiro atoms. The summed E-state index contributed by atoms with van der Waals surface area (Å²) in [5.41, 5.74) is 16.9. The van der Waals surface area contributed by atoms with Gasteiger partial charge in [0, 0.05) is 16.6 Å². The van der Waals surface area contributed by atoms with E-state index in [1.165, 1.54) is 27.8 Å². The third kappa shape index (κ3) is 4.79. The van der Waals surface area contributed by atoms with Gasteiger partial charge in [-0.3, -0.25) is 4.79 Å². The molecule has 0 unspecified atom stereocenters. The van der Waals surface area contributed by atoms with Crippen LogP contribution in [0.5, 0.6) is 5.75 Å². The molecule has 43 heavy (non-hydrogen) atoms. The molecule has 0 atom stereocenters. The molecular weight excluding hydrogens is 532 g/mol. The van der Waals surface area contributed by atoms with Crippen LogP contribution in [0.15, 0.2) is 16.9 Å². The molecule has 0 fully saturated rings. The molecule has 1 aliphatic rings. The average Bonchev–Trinajstić information content (AvgIpc) is 3.76. The summed E-state index contributed by atoms with van der Waals surface area (Å²) < 4.78 is 6.27. The molecule has 5 rings (SSSR count). The van der Waals surface area contributed by atoms with E-state index in [1.54, 1.807) is 7.11 Å². The third-order valence-corrected chi connectivity index (χ3v) is 9.44. The number of aromatic nitrogens is 4. The maximum Gasteiger partial charge on any atom is 0.228 e. The molecule has 0 radical (unpaired) electrons. The number of allylic oxidation sites excluding steroid dienone is 2. The smallest absolute Gasteiger partial charge is 0.228 e. The molecule has 4 aromatic rings. The fourth-order valence-corrected chi connectivity index (χ4v) is 7.49. The first-order valence-corrected chi connectivity index (χ1v) is 16.4. The summed E-state index contributed by atoms with van der Waals surface area (Å²) in [6.45, 7) is 17.4. The van der Waals surface area contributed by atoms with Crippen molar-refractivity contribution < 1.29 is 4.74 Å². The highest BCUT2D eigenvalue weighted by Gasteiger charge is 2.24. The highest BCUT2D eigenvalue weighted by Crippen LogP contribution is 2.38. The van der Waals surface area contributed by atoms with Crippen molar-refractivity contribution in [1.29, 1.82) is 0 Å². The van der Waals surface area contributed by atoms with Crippen LogP contribution in [0, 0.1) is 0 Å². The number of nitrogens with one attached hydrogen (secondary N) is 3. The normalized spacial score (nSPS) is 12.6. The van der Waals surface area contributed by atoms with Gasteiger partial charge < -0.3 is 19.7 Å². The van der Waals surface area contributed by atoms with E-state index in [4.69, 9.17) is 9.72 Å². The van der Waals surface area contributed by atoms with Gasteiger partial charge in [0.1, 0.15) is 5.69 Å². The Hall–Kier alpha value is -3.80. The first kappa shape index (κ1) is 30.7. The van der Waals surface area contributed by atoms with Gasteiger partial charge >= 0.3 is 0 Å². The van der Waals surface area contributed by atoms with Crippen LogP contribution in [0.3, 0.4) is 0 Å². The number of aromatic amines is 3. The van der Waals surface area contributed by atoms with Crippen LogP contribution < -0.4 is 10.2 Å². The summed E-state index contributed by atoms with van der Waals surface area (Å²) in [4.78, 5) is 30.7. The predicted molar refractivity (Wildman–Crippen MR) is 183 cm³/mol. The van der Waals surface area contributed by atoms with Crippen molar-refractivity contribution in [2.24, 2.45) is 0 Å². The molecule has 3 N–H and O–H groups in total. The van der Waals surface area contributed by atoms with Gasteiger partial charge in [0.25, 0.3) is 0 Å². The van der Waals surface area contributed by atoms with Gasteiger partial charge in [-0.25, -0.2) is 4.98 Å². The zero-order chi connectivity index (χ0) is 31.0. The van der Waals surface area contributed by atoms with E-state index in [9.17, 15) is 4.79 Å². The van der Waals surface area contributed by atoms with Crippen LogP contribution in [0.4, 0.5) is 0 Å². The molecule has 0 aromatic carbocycles. The lowest BCUT2D eigenvalue weighted by atomic mass is 9.99. The number of fused-ring (bicyclic) bond motifs is 8. The number of H-pyrrole nitrogens is 3. The molecule has 6 heteroatoms. The molecule has 1 aliphatic heterocycles. The van der Waals surface area contributed by atoms with Gasteiger partial charge in [0.15, 0.2) is 5.75 Å². The maximum atomic E-state index is 14.4. The van der Waals surface area contributed by atoms with Crippen molar-refractivity contribution in [1.82, 2.24) is 19.9 Å². The van der Waals surface area contributed by atoms with Crippen molar-refractivity contribution in [3.05, 3.63) is 67.1 Å². The number of hydrogen-bond donors (Lipinski definition) is 3. The van der Waals surface area contributed by atoms with E-state index in [-0.39, 0.29) is 5.43 Å². The maximum absolute atomic E-state index is 14.4. The second-order valence-electron chi connectivity index (χ2n) is 11.4. The van der Waals surface area contributed by atoms with E-state index in [2.05, 4.69) is 82.5 Å². The van der Waals surface area contributed by atoms with E-state index in [0.717, 1.165) is 107 Å². The van der Waals surface area contributed by atoms with E-state index in [1.807, 2.05) is 0 Å². The zero-order valence-electron chi connectivity index (χ0n) is 27.6.